The first-order valence-corrected chi connectivity index (χ1v) is 9.20. The van der Waals surface area contributed by atoms with E-state index in [-0.39, 0.29) is 5.91 Å². The largest absolute Gasteiger partial charge is 0.493 e. The Hall–Kier alpha value is -2.93. The quantitative estimate of drug-likeness (QED) is 0.648. The van der Waals surface area contributed by atoms with Gasteiger partial charge < -0.3 is 14.4 Å². The molecule has 2 aromatic heterocycles. The molecule has 0 N–H and O–H groups in total. The molecule has 3 aromatic rings. The number of pyridine rings is 1. The van der Waals surface area contributed by atoms with E-state index >= 15 is 0 Å². The summed E-state index contributed by atoms with van der Waals surface area (Å²) in [5, 5.41) is 0.746. The van der Waals surface area contributed by atoms with Crippen molar-refractivity contribution in [2.45, 2.75) is 13.5 Å². The van der Waals surface area contributed by atoms with Gasteiger partial charge >= 0.3 is 0 Å². The number of aromatic nitrogens is 2. The molecule has 0 aliphatic carbocycles. The minimum Gasteiger partial charge on any atom is -0.493 e. The number of aryl methyl sites for hydroxylation is 1. The molecule has 2 heterocycles. The fraction of sp³-hybridized carbons (Fsp3) is 0.250. The van der Waals surface area contributed by atoms with E-state index in [2.05, 4.69) is 9.97 Å². The lowest BCUT2D eigenvalue weighted by Crippen LogP contribution is -2.26. The average Bonchev–Trinajstić information content (AvgIpc) is 3.09. The van der Waals surface area contributed by atoms with E-state index in [0.29, 0.717) is 28.6 Å². The van der Waals surface area contributed by atoms with Crippen molar-refractivity contribution < 1.29 is 14.3 Å². The van der Waals surface area contributed by atoms with Gasteiger partial charge in [0.05, 0.1) is 25.6 Å². The number of methoxy groups -OCH3 is 2. The molecule has 0 fully saturated rings. The van der Waals surface area contributed by atoms with Crippen molar-refractivity contribution in [1.29, 1.82) is 0 Å². The molecule has 3 rings (SSSR count). The van der Waals surface area contributed by atoms with Crippen LogP contribution in [0.3, 0.4) is 0 Å². The Morgan fingerprint density at radius 1 is 1.15 bits per heavy atom. The Balaban J connectivity index is 1.79. The van der Waals surface area contributed by atoms with Crippen LogP contribution in [0.4, 0.5) is 0 Å². The Labute approximate surface area is 162 Å². The van der Waals surface area contributed by atoms with Crippen LogP contribution in [0.5, 0.6) is 11.5 Å². The zero-order valence-electron chi connectivity index (χ0n) is 15.7. The second kappa shape index (κ2) is 8.18. The van der Waals surface area contributed by atoms with Crippen LogP contribution in [-0.2, 0) is 6.54 Å². The highest BCUT2D eigenvalue weighted by Gasteiger charge is 2.20. The highest BCUT2D eigenvalue weighted by atomic mass is 32.1. The fourth-order valence-electron chi connectivity index (χ4n) is 2.69. The summed E-state index contributed by atoms with van der Waals surface area (Å²) in [6.45, 7) is 2.30. The maximum atomic E-state index is 12.9. The third-order valence-electron chi connectivity index (χ3n) is 4.09. The maximum absolute atomic E-state index is 12.9. The lowest BCUT2D eigenvalue weighted by atomic mass is 10.2. The first-order chi connectivity index (χ1) is 13.0. The third-order valence-corrected chi connectivity index (χ3v) is 5.26. The topological polar surface area (TPSA) is 64.5 Å². The van der Waals surface area contributed by atoms with Crippen molar-refractivity contribution in [2.75, 3.05) is 21.3 Å². The number of carbonyl (C=O) groups is 1. The molecule has 0 unspecified atom stereocenters. The molecule has 27 heavy (non-hydrogen) atoms. The monoisotopic (exact) mass is 383 g/mol. The van der Waals surface area contributed by atoms with Crippen molar-refractivity contribution >= 4 is 17.2 Å². The van der Waals surface area contributed by atoms with Gasteiger partial charge in [0.1, 0.15) is 9.88 Å². The second-order valence-electron chi connectivity index (χ2n) is 6.00. The lowest BCUT2D eigenvalue weighted by molar-refractivity contribution is 0.0789. The molecular weight excluding hydrogens is 362 g/mol. The first-order valence-electron chi connectivity index (χ1n) is 8.38. The molecule has 0 saturated heterocycles. The summed E-state index contributed by atoms with van der Waals surface area (Å²) in [4.78, 5) is 24.0. The van der Waals surface area contributed by atoms with E-state index in [1.807, 2.05) is 43.3 Å². The molecule has 0 spiro atoms. The highest BCUT2D eigenvalue weighted by Crippen LogP contribution is 2.29. The number of nitrogens with zero attached hydrogens (tertiary/aromatic N) is 3. The minimum atomic E-state index is -0.0676. The summed E-state index contributed by atoms with van der Waals surface area (Å²) in [5.41, 5.74) is 2.44. The number of benzene rings is 1. The predicted octanol–water partition coefficient (Wildman–Crippen LogP) is 3.80. The lowest BCUT2D eigenvalue weighted by Gasteiger charge is -2.17. The molecule has 0 saturated carbocycles. The Bertz CT molecular complexity index is 941. The van der Waals surface area contributed by atoms with Gasteiger partial charge in [-0.2, -0.15) is 0 Å². The van der Waals surface area contributed by atoms with Crippen LogP contribution in [-0.4, -0.2) is 42.0 Å². The van der Waals surface area contributed by atoms with Crippen LogP contribution in [0.1, 0.15) is 20.9 Å². The number of amides is 1. The summed E-state index contributed by atoms with van der Waals surface area (Å²) in [6.07, 6.45) is 1.72. The van der Waals surface area contributed by atoms with E-state index in [9.17, 15) is 4.79 Å². The van der Waals surface area contributed by atoms with Gasteiger partial charge in [0, 0.05) is 19.8 Å². The number of rotatable bonds is 6. The van der Waals surface area contributed by atoms with Crippen molar-refractivity contribution in [3.8, 4) is 22.2 Å². The van der Waals surface area contributed by atoms with Gasteiger partial charge in [0.2, 0.25) is 0 Å². The molecule has 1 amide bonds. The highest BCUT2D eigenvalue weighted by molar-refractivity contribution is 7.17. The standard InChI is InChI=1S/C20H21N3O3S/c1-13-18(27-19(22-13)15-7-5-6-10-21-15)20(24)23(2)12-14-8-9-16(25-3)17(11-14)26-4/h5-11H,12H2,1-4H3. The van der Waals surface area contributed by atoms with Crippen LogP contribution in [0, 0.1) is 6.92 Å². The molecule has 1 aromatic carbocycles. The normalized spacial score (nSPS) is 10.5. The zero-order valence-corrected chi connectivity index (χ0v) is 16.5. The third kappa shape index (κ3) is 4.09. The van der Waals surface area contributed by atoms with Crippen LogP contribution in [0.25, 0.3) is 10.7 Å². The van der Waals surface area contributed by atoms with Crippen LogP contribution in [0.2, 0.25) is 0 Å². The van der Waals surface area contributed by atoms with E-state index in [0.717, 1.165) is 16.3 Å². The zero-order chi connectivity index (χ0) is 19.4. The van der Waals surface area contributed by atoms with Gasteiger partial charge in [0.25, 0.3) is 5.91 Å². The van der Waals surface area contributed by atoms with E-state index < -0.39 is 0 Å². The summed E-state index contributed by atoms with van der Waals surface area (Å²) < 4.78 is 10.6. The molecular formula is C20H21N3O3S. The second-order valence-corrected chi connectivity index (χ2v) is 7.00. The van der Waals surface area contributed by atoms with E-state index in [1.54, 1.807) is 32.4 Å². The predicted molar refractivity (Wildman–Crippen MR) is 105 cm³/mol. The number of thiazole rings is 1. The Kier molecular flexibility index (Phi) is 5.71. The van der Waals surface area contributed by atoms with Crippen molar-refractivity contribution in [1.82, 2.24) is 14.9 Å². The van der Waals surface area contributed by atoms with Gasteiger partial charge in [0.15, 0.2) is 11.5 Å². The molecule has 0 aliphatic rings. The van der Waals surface area contributed by atoms with Gasteiger partial charge in [-0.1, -0.05) is 12.1 Å². The number of carbonyl (C=O) groups excluding carboxylic acids is 1. The Morgan fingerprint density at radius 2 is 1.93 bits per heavy atom. The van der Waals surface area contributed by atoms with Crippen molar-refractivity contribution in [3.05, 3.63) is 58.7 Å². The number of ether oxygens (including phenoxy) is 2. The summed E-state index contributed by atoms with van der Waals surface area (Å²) in [7, 11) is 4.97. The number of hydrogen-bond donors (Lipinski definition) is 0. The minimum absolute atomic E-state index is 0.0676. The summed E-state index contributed by atoms with van der Waals surface area (Å²) >= 11 is 1.36. The molecule has 0 bridgehead atoms. The van der Waals surface area contributed by atoms with Gasteiger partial charge in [-0.05, 0) is 36.8 Å². The van der Waals surface area contributed by atoms with Gasteiger partial charge in [-0.25, -0.2) is 4.98 Å². The summed E-state index contributed by atoms with van der Waals surface area (Å²) in [5.74, 6) is 1.23. The van der Waals surface area contributed by atoms with Crippen molar-refractivity contribution in [2.24, 2.45) is 0 Å². The molecule has 7 heteroatoms. The maximum Gasteiger partial charge on any atom is 0.265 e. The SMILES string of the molecule is COc1ccc(CN(C)C(=O)c2sc(-c3ccccn3)nc2C)cc1OC. The average molecular weight is 383 g/mol. The smallest absolute Gasteiger partial charge is 0.265 e. The number of hydrogen-bond acceptors (Lipinski definition) is 6. The van der Waals surface area contributed by atoms with Crippen molar-refractivity contribution in [3.63, 3.8) is 0 Å². The molecule has 0 atom stereocenters. The molecule has 0 radical (unpaired) electrons. The molecule has 6 nitrogen and oxygen atoms in total. The first kappa shape index (κ1) is 18.8. The van der Waals surface area contributed by atoms with E-state index in [1.165, 1.54) is 11.3 Å². The summed E-state index contributed by atoms with van der Waals surface area (Å²) in [6, 6.07) is 11.3. The molecule has 0 aliphatic heterocycles. The van der Waals surface area contributed by atoms with Gasteiger partial charge in [-0.3, -0.25) is 9.78 Å². The Morgan fingerprint density at radius 3 is 2.59 bits per heavy atom. The van der Waals surface area contributed by atoms with Gasteiger partial charge in [-0.15, -0.1) is 11.3 Å². The van der Waals surface area contributed by atoms with Crippen LogP contribution in [0.15, 0.2) is 42.6 Å². The fourth-order valence-corrected chi connectivity index (χ4v) is 3.73. The van der Waals surface area contributed by atoms with Crippen LogP contribution >= 0.6 is 11.3 Å². The van der Waals surface area contributed by atoms with E-state index in [4.69, 9.17) is 9.47 Å². The molecule has 140 valence electrons. The van der Waals surface area contributed by atoms with Crippen LogP contribution < -0.4 is 9.47 Å².